The standard InChI is InChI=1S/C25H24ClN3O2/c1-3-17(10-9-16(2)18-7-5-4-6-8-18)23-21(26)15-22-24(28-23)29-25(27-22)31-20-13-11-19(30)12-14-20/h1,4-10,15,19-20,30H,11-14H2,2H3,(H,27,28,29). The third kappa shape index (κ3) is 4.99. The van der Waals surface area contributed by atoms with Crippen LogP contribution in [0.3, 0.4) is 0 Å². The first-order chi connectivity index (χ1) is 15.0. The van der Waals surface area contributed by atoms with Gasteiger partial charge in [-0.2, -0.15) is 4.98 Å². The average molecular weight is 434 g/mol. The van der Waals surface area contributed by atoms with Crippen LogP contribution in [0, 0.1) is 12.3 Å². The van der Waals surface area contributed by atoms with E-state index in [4.69, 9.17) is 22.8 Å². The van der Waals surface area contributed by atoms with Gasteiger partial charge in [-0.3, -0.25) is 0 Å². The van der Waals surface area contributed by atoms with Gasteiger partial charge in [-0.1, -0.05) is 53.9 Å². The first kappa shape index (κ1) is 21.2. The minimum Gasteiger partial charge on any atom is -0.461 e. The van der Waals surface area contributed by atoms with Gasteiger partial charge in [0.2, 0.25) is 0 Å². The van der Waals surface area contributed by atoms with Crippen LogP contribution in [0.1, 0.15) is 43.9 Å². The second-order valence-electron chi connectivity index (χ2n) is 7.72. The Morgan fingerprint density at radius 1 is 1.19 bits per heavy atom. The molecule has 2 aromatic heterocycles. The van der Waals surface area contributed by atoms with E-state index >= 15 is 0 Å². The van der Waals surface area contributed by atoms with Crippen molar-refractivity contribution in [1.82, 2.24) is 15.0 Å². The summed E-state index contributed by atoms with van der Waals surface area (Å²) in [6.07, 6.45) is 12.5. The number of fused-ring (bicyclic) bond motifs is 1. The summed E-state index contributed by atoms with van der Waals surface area (Å²) in [7, 11) is 0. The zero-order valence-corrected chi connectivity index (χ0v) is 18.1. The molecule has 5 nitrogen and oxygen atoms in total. The molecule has 0 amide bonds. The van der Waals surface area contributed by atoms with Gasteiger partial charge in [0.15, 0.2) is 5.65 Å². The number of ether oxygens (including phenoxy) is 1. The summed E-state index contributed by atoms with van der Waals surface area (Å²) in [6, 6.07) is 12.2. The van der Waals surface area contributed by atoms with Gasteiger partial charge in [0.1, 0.15) is 6.10 Å². The molecule has 1 saturated carbocycles. The summed E-state index contributed by atoms with van der Waals surface area (Å²) < 4.78 is 5.96. The van der Waals surface area contributed by atoms with Gasteiger partial charge in [0.05, 0.1) is 27.9 Å². The number of H-pyrrole nitrogens is 1. The summed E-state index contributed by atoms with van der Waals surface area (Å²) in [5.74, 6) is 2.68. The van der Waals surface area contributed by atoms with Crippen LogP contribution in [0.25, 0.3) is 22.3 Å². The van der Waals surface area contributed by atoms with Gasteiger partial charge in [0.25, 0.3) is 6.01 Å². The van der Waals surface area contributed by atoms with E-state index in [2.05, 4.69) is 20.9 Å². The molecule has 0 radical (unpaired) electrons. The lowest BCUT2D eigenvalue weighted by atomic mass is 9.95. The van der Waals surface area contributed by atoms with Crippen LogP contribution >= 0.6 is 11.6 Å². The van der Waals surface area contributed by atoms with Crippen molar-refractivity contribution in [3.63, 3.8) is 0 Å². The molecule has 2 heterocycles. The summed E-state index contributed by atoms with van der Waals surface area (Å²) in [6.45, 7) is 2.03. The molecule has 4 rings (SSSR count). The Bertz CT molecular complexity index is 1170. The van der Waals surface area contributed by atoms with E-state index in [1.54, 1.807) is 6.07 Å². The first-order valence-electron chi connectivity index (χ1n) is 10.4. The van der Waals surface area contributed by atoms with Crippen molar-refractivity contribution in [2.45, 2.75) is 44.8 Å². The Morgan fingerprint density at radius 3 is 2.65 bits per heavy atom. The molecule has 158 valence electrons. The second-order valence-corrected chi connectivity index (χ2v) is 8.13. The molecule has 1 aliphatic rings. The van der Waals surface area contributed by atoms with Gasteiger partial charge in [0, 0.05) is 0 Å². The second kappa shape index (κ2) is 9.38. The van der Waals surface area contributed by atoms with Crippen LogP contribution in [-0.2, 0) is 0 Å². The molecule has 0 unspecified atom stereocenters. The van der Waals surface area contributed by atoms with E-state index < -0.39 is 0 Å². The molecule has 31 heavy (non-hydrogen) atoms. The largest absolute Gasteiger partial charge is 0.461 e. The number of nitrogens with one attached hydrogen (secondary N) is 1. The summed E-state index contributed by atoms with van der Waals surface area (Å²) in [4.78, 5) is 12.2. The highest BCUT2D eigenvalue weighted by molar-refractivity contribution is 6.33. The SMILES string of the molecule is C#CC(=CC=C(C)c1ccccc1)c1nc2nc(OC3CCC(O)CC3)[nH]c2cc1Cl. The number of aliphatic hydroxyl groups is 1. The minimum absolute atomic E-state index is 0.0335. The molecule has 0 bridgehead atoms. The highest BCUT2D eigenvalue weighted by Crippen LogP contribution is 2.28. The Labute approximate surface area is 186 Å². The van der Waals surface area contributed by atoms with E-state index in [0.29, 0.717) is 33.5 Å². The number of pyridine rings is 1. The molecule has 0 aliphatic heterocycles. The highest BCUT2D eigenvalue weighted by atomic mass is 35.5. The van der Waals surface area contributed by atoms with Gasteiger partial charge in [-0.15, -0.1) is 6.42 Å². The maximum Gasteiger partial charge on any atom is 0.296 e. The number of aliphatic hydroxyl groups excluding tert-OH is 1. The quantitative estimate of drug-likeness (QED) is 0.416. The summed E-state index contributed by atoms with van der Waals surface area (Å²) in [5.41, 5.74) is 4.47. The minimum atomic E-state index is -0.230. The third-order valence-corrected chi connectivity index (χ3v) is 5.75. The van der Waals surface area contributed by atoms with E-state index in [1.807, 2.05) is 49.4 Å². The average Bonchev–Trinajstić information content (AvgIpc) is 3.17. The smallest absolute Gasteiger partial charge is 0.296 e. The lowest BCUT2D eigenvalue weighted by Gasteiger charge is -2.24. The van der Waals surface area contributed by atoms with Crippen LogP contribution in [0.15, 0.2) is 48.6 Å². The topological polar surface area (TPSA) is 71.0 Å². The number of terminal acetylenes is 1. The predicted molar refractivity (Wildman–Crippen MR) is 125 cm³/mol. The fourth-order valence-corrected chi connectivity index (χ4v) is 3.92. The molecule has 2 N–H and O–H groups in total. The maximum absolute atomic E-state index is 9.66. The number of halogens is 1. The molecule has 0 atom stereocenters. The number of rotatable bonds is 5. The Morgan fingerprint density at radius 2 is 1.94 bits per heavy atom. The number of benzene rings is 1. The van der Waals surface area contributed by atoms with E-state index in [-0.39, 0.29) is 12.2 Å². The van der Waals surface area contributed by atoms with Gasteiger partial charge in [-0.05, 0) is 55.9 Å². The van der Waals surface area contributed by atoms with Crippen LogP contribution in [0.4, 0.5) is 0 Å². The van der Waals surface area contributed by atoms with Crippen molar-refractivity contribution in [3.8, 4) is 18.4 Å². The fraction of sp³-hybridized carbons (Fsp3) is 0.280. The van der Waals surface area contributed by atoms with Crippen molar-refractivity contribution in [3.05, 3.63) is 64.8 Å². The summed E-state index contributed by atoms with van der Waals surface area (Å²) >= 11 is 6.49. The third-order valence-electron chi connectivity index (χ3n) is 5.47. The van der Waals surface area contributed by atoms with Crippen molar-refractivity contribution >= 4 is 33.9 Å². The number of hydrogen-bond donors (Lipinski definition) is 2. The number of aromatic amines is 1. The molecule has 1 aromatic carbocycles. The van der Waals surface area contributed by atoms with Gasteiger partial charge in [-0.25, -0.2) is 4.98 Å². The molecule has 3 aromatic rings. The molecule has 0 spiro atoms. The van der Waals surface area contributed by atoms with Crippen molar-refractivity contribution in [2.24, 2.45) is 0 Å². The summed E-state index contributed by atoms with van der Waals surface area (Å²) in [5, 5.41) is 10.1. The Kier molecular flexibility index (Phi) is 6.41. The fourth-order valence-electron chi connectivity index (χ4n) is 3.66. The molecule has 1 aliphatic carbocycles. The number of allylic oxidation sites excluding steroid dienone is 4. The highest BCUT2D eigenvalue weighted by Gasteiger charge is 2.22. The number of nitrogens with zero attached hydrogens (tertiary/aromatic N) is 2. The molecule has 0 saturated heterocycles. The van der Waals surface area contributed by atoms with E-state index in [0.717, 1.165) is 36.8 Å². The van der Waals surface area contributed by atoms with Crippen LogP contribution in [-0.4, -0.2) is 32.3 Å². The van der Waals surface area contributed by atoms with Gasteiger partial charge < -0.3 is 14.8 Å². The lowest BCUT2D eigenvalue weighted by Crippen LogP contribution is -2.26. The van der Waals surface area contributed by atoms with Crippen molar-refractivity contribution in [1.29, 1.82) is 0 Å². The van der Waals surface area contributed by atoms with Crippen molar-refractivity contribution < 1.29 is 9.84 Å². The molecule has 6 heteroatoms. The van der Waals surface area contributed by atoms with E-state index in [1.165, 1.54) is 0 Å². The zero-order valence-electron chi connectivity index (χ0n) is 17.3. The first-order valence-corrected chi connectivity index (χ1v) is 10.7. The van der Waals surface area contributed by atoms with Gasteiger partial charge >= 0.3 is 0 Å². The molecule has 1 fully saturated rings. The number of aromatic nitrogens is 3. The zero-order chi connectivity index (χ0) is 21.8. The van der Waals surface area contributed by atoms with Crippen LogP contribution < -0.4 is 4.74 Å². The number of imidazole rings is 1. The van der Waals surface area contributed by atoms with Crippen molar-refractivity contribution in [2.75, 3.05) is 0 Å². The van der Waals surface area contributed by atoms with Crippen LogP contribution in [0.5, 0.6) is 6.01 Å². The maximum atomic E-state index is 9.66. The Balaban J connectivity index is 1.59. The molecular weight excluding hydrogens is 410 g/mol. The monoisotopic (exact) mass is 433 g/mol. The lowest BCUT2D eigenvalue weighted by molar-refractivity contribution is 0.0625. The van der Waals surface area contributed by atoms with E-state index in [9.17, 15) is 5.11 Å². The predicted octanol–water partition coefficient (Wildman–Crippen LogP) is 5.41. The molecular formula is C25H24ClN3O2. The van der Waals surface area contributed by atoms with Crippen LogP contribution in [0.2, 0.25) is 5.02 Å². The normalized spacial score (nSPS) is 19.9. The Hall–Kier alpha value is -3.07. The number of hydrogen-bond acceptors (Lipinski definition) is 4.